The summed E-state index contributed by atoms with van der Waals surface area (Å²) in [6.45, 7) is 3.28. The van der Waals surface area contributed by atoms with E-state index in [4.69, 9.17) is 16.9 Å². The monoisotopic (exact) mass is 327 g/mol. The first kappa shape index (κ1) is 16.9. The number of halogens is 1. The van der Waals surface area contributed by atoms with Gasteiger partial charge < -0.3 is 10.2 Å². The second kappa shape index (κ2) is 8.21. The lowest BCUT2D eigenvalue weighted by Crippen LogP contribution is -2.35. The van der Waals surface area contributed by atoms with Gasteiger partial charge in [0, 0.05) is 18.1 Å². The average molecular weight is 328 g/mol. The maximum Gasteiger partial charge on any atom is 0.242 e. The molecule has 0 aliphatic carbocycles. The molecule has 23 heavy (non-hydrogen) atoms. The van der Waals surface area contributed by atoms with E-state index in [0.717, 1.165) is 5.56 Å². The Morgan fingerprint density at radius 3 is 2.65 bits per heavy atom. The molecular formula is C18H18ClN3O. The highest BCUT2D eigenvalue weighted by atomic mass is 35.5. The quantitative estimate of drug-likeness (QED) is 0.880. The molecule has 118 valence electrons. The minimum absolute atomic E-state index is 0.0183. The zero-order valence-electron chi connectivity index (χ0n) is 12.9. The molecule has 0 radical (unpaired) electrons. The van der Waals surface area contributed by atoms with E-state index in [-0.39, 0.29) is 12.5 Å². The van der Waals surface area contributed by atoms with Gasteiger partial charge in [-0.3, -0.25) is 4.79 Å². The molecule has 0 spiro atoms. The van der Waals surface area contributed by atoms with Crippen LogP contribution in [0.5, 0.6) is 0 Å². The van der Waals surface area contributed by atoms with Gasteiger partial charge in [0.05, 0.1) is 17.8 Å². The second-order valence-electron chi connectivity index (χ2n) is 5.05. The number of nitrogens with zero attached hydrogens (tertiary/aromatic N) is 2. The number of rotatable bonds is 6. The minimum atomic E-state index is -0.0183. The summed E-state index contributed by atoms with van der Waals surface area (Å²) < 4.78 is 0. The molecule has 1 N–H and O–H groups in total. The van der Waals surface area contributed by atoms with Crippen molar-refractivity contribution in [3.05, 3.63) is 64.7 Å². The first-order valence-electron chi connectivity index (χ1n) is 7.39. The zero-order valence-corrected chi connectivity index (χ0v) is 13.7. The molecule has 5 heteroatoms. The predicted octanol–water partition coefficient (Wildman–Crippen LogP) is 3.67. The van der Waals surface area contributed by atoms with Gasteiger partial charge in [-0.05, 0) is 30.7 Å². The Hall–Kier alpha value is -2.51. The van der Waals surface area contributed by atoms with E-state index in [2.05, 4.69) is 11.4 Å². The Balaban J connectivity index is 1.99. The van der Waals surface area contributed by atoms with Gasteiger partial charge in [-0.25, -0.2) is 0 Å². The lowest BCUT2D eigenvalue weighted by Gasteiger charge is -2.21. The molecule has 2 aromatic rings. The number of hydrogen-bond acceptors (Lipinski definition) is 3. The number of likely N-dealkylation sites (N-methyl/N-ethyl adjacent to an activating group) is 1. The Morgan fingerprint density at radius 1 is 1.26 bits per heavy atom. The molecule has 0 saturated heterocycles. The van der Waals surface area contributed by atoms with Crippen LogP contribution in [0, 0.1) is 11.3 Å². The first-order chi connectivity index (χ1) is 11.1. The van der Waals surface area contributed by atoms with Gasteiger partial charge in [-0.15, -0.1) is 0 Å². The topological polar surface area (TPSA) is 56.1 Å². The molecule has 4 nitrogen and oxygen atoms in total. The van der Waals surface area contributed by atoms with Gasteiger partial charge in [0.15, 0.2) is 0 Å². The van der Waals surface area contributed by atoms with Crippen LogP contribution in [0.25, 0.3) is 0 Å². The fourth-order valence-corrected chi connectivity index (χ4v) is 2.40. The lowest BCUT2D eigenvalue weighted by atomic mass is 10.2. The fourth-order valence-electron chi connectivity index (χ4n) is 2.23. The summed E-state index contributed by atoms with van der Waals surface area (Å²) in [6.07, 6.45) is 0. The van der Waals surface area contributed by atoms with Crippen LogP contribution < -0.4 is 5.32 Å². The Bertz CT molecular complexity index is 710. The van der Waals surface area contributed by atoms with Crippen LogP contribution in [0.3, 0.4) is 0 Å². The number of hydrogen-bond donors (Lipinski definition) is 1. The van der Waals surface area contributed by atoms with Crippen molar-refractivity contribution in [2.45, 2.75) is 13.5 Å². The van der Waals surface area contributed by atoms with Crippen LogP contribution >= 0.6 is 11.6 Å². The molecule has 0 aromatic heterocycles. The van der Waals surface area contributed by atoms with Gasteiger partial charge in [0.1, 0.15) is 6.07 Å². The largest absolute Gasteiger partial charge is 0.375 e. The number of nitriles is 1. The number of carbonyl (C=O) groups is 1. The van der Waals surface area contributed by atoms with E-state index >= 15 is 0 Å². The molecular weight excluding hydrogens is 310 g/mol. The molecule has 2 rings (SSSR count). The number of carbonyl (C=O) groups excluding carboxylic acids is 1. The van der Waals surface area contributed by atoms with Crippen molar-refractivity contribution in [3.63, 3.8) is 0 Å². The molecule has 0 fully saturated rings. The van der Waals surface area contributed by atoms with Gasteiger partial charge in [-0.1, -0.05) is 41.9 Å². The van der Waals surface area contributed by atoms with E-state index in [1.165, 1.54) is 0 Å². The number of anilines is 1. The Kier molecular flexibility index (Phi) is 6.02. The summed E-state index contributed by atoms with van der Waals surface area (Å²) in [5, 5.41) is 12.6. The normalized spacial score (nSPS) is 9.96. The maximum atomic E-state index is 12.4. The van der Waals surface area contributed by atoms with E-state index in [1.807, 2.05) is 37.3 Å². The fraction of sp³-hybridized carbons (Fsp3) is 0.222. The third-order valence-corrected chi connectivity index (χ3v) is 3.72. The highest BCUT2D eigenvalue weighted by Crippen LogP contribution is 2.19. The molecule has 0 unspecified atom stereocenters. The number of nitrogens with one attached hydrogen (secondary N) is 1. The summed E-state index contributed by atoms with van der Waals surface area (Å²) >= 11 is 5.87. The third-order valence-electron chi connectivity index (χ3n) is 3.48. The van der Waals surface area contributed by atoms with Gasteiger partial charge in [0.25, 0.3) is 0 Å². The van der Waals surface area contributed by atoms with Gasteiger partial charge >= 0.3 is 0 Å². The Morgan fingerprint density at radius 2 is 2.00 bits per heavy atom. The average Bonchev–Trinajstić information content (AvgIpc) is 2.59. The molecule has 0 heterocycles. The van der Waals surface area contributed by atoms with E-state index in [9.17, 15) is 4.79 Å². The van der Waals surface area contributed by atoms with Crippen LogP contribution in [0.2, 0.25) is 5.02 Å². The van der Waals surface area contributed by atoms with Crippen LogP contribution in [0.1, 0.15) is 18.1 Å². The van der Waals surface area contributed by atoms with Crippen LogP contribution in [0.4, 0.5) is 5.69 Å². The van der Waals surface area contributed by atoms with Gasteiger partial charge in [-0.2, -0.15) is 5.26 Å². The summed E-state index contributed by atoms with van der Waals surface area (Å²) in [5.74, 6) is -0.0183. The van der Waals surface area contributed by atoms with Crippen molar-refractivity contribution < 1.29 is 4.79 Å². The van der Waals surface area contributed by atoms with Crippen molar-refractivity contribution in [1.82, 2.24) is 4.90 Å². The highest BCUT2D eigenvalue weighted by molar-refractivity contribution is 6.30. The molecule has 1 amide bonds. The van der Waals surface area contributed by atoms with Crippen LogP contribution in [0.15, 0.2) is 48.5 Å². The summed E-state index contributed by atoms with van der Waals surface area (Å²) in [7, 11) is 0. The Labute approximate surface area is 141 Å². The molecule has 0 bridgehead atoms. The highest BCUT2D eigenvalue weighted by Gasteiger charge is 2.12. The van der Waals surface area contributed by atoms with E-state index in [1.54, 1.807) is 23.1 Å². The zero-order chi connectivity index (χ0) is 16.7. The smallest absolute Gasteiger partial charge is 0.242 e. The van der Waals surface area contributed by atoms with Gasteiger partial charge in [0.2, 0.25) is 5.91 Å². The third kappa shape index (κ3) is 4.73. The minimum Gasteiger partial charge on any atom is -0.375 e. The molecule has 0 aliphatic heterocycles. The lowest BCUT2D eigenvalue weighted by molar-refractivity contribution is -0.129. The molecule has 0 aliphatic rings. The SMILES string of the molecule is CCN(Cc1ccccc1)C(=O)CNc1ccc(Cl)cc1C#N. The molecule has 0 saturated carbocycles. The summed E-state index contributed by atoms with van der Waals surface area (Å²) in [5.41, 5.74) is 2.13. The van der Waals surface area contributed by atoms with Crippen LogP contribution in [-0.4, -0.2) is 23.9 Å². The number of benzene rings is 2. The van der Waals surface area contributed by atoms with E-state index in [0.29, 0.717) is 29.4 Å². The predicted molar refractivity (Wildman–Crippen MR) is 92.2 cm³/mol. The van der Waals surface area contributed by atoms with Crippen molar-refractivity contribution in [3.8, 4) is 6.07 Å². The molecule has 0 atom stereocenters. The number of amides is 1. The van der Waals surface area contributed by atoms with E-state index < -0.39 is 0 Å². The standard InChI is InChI=1S/C18H18ClN3O/c1-2-22(13-14-6-4-3-5-7-14)18(23)12-21-17-9-8-16(19)10-15(17)11-20/h3-10,21H,2,12-13H2,1H3. The van der Waals surface area contributed by atoms with Crippen molar-refractivity contribution in [1.29, 1.82) is 5.26 Å². The van der Waals surface area contributed by atoms with Crippen molar-refractivity contribution in [2.75, 3.05) is 18.4 Å². The van der Waals surface area contributed by atoms with Crippen LogP contribution in [-0.2, 0) is 11.3 Å². The van der Waals surface area contributed by atoms with Crippen molar-refractivity contribution >= 4 is 23.2 Å². The summed E-state index contributed by atoms with van der Waals surface area (Å²) in [4.78, 5) is 14.1. The van der Waals surface area contributed by atoms with Crippen molar-refractivity contribution in [2.24, 2.45) is 0 Å². The maximum absolute atomic E-state index is 12.4. The second-order valence-corrected chi connectivity index (χ2v) is 5.49. The summed E-state index contributed by atoms with van der Waals surface area (Å²) in [6, 6.07) is 16.9. The first-order valence-corrected chi connectivity index (χ1v) is 7.77. The molecule has 2 aromatic carbocycles.